The minimum Gasteiger partial charge on any atom is -0.480 e. The number of hydrazone groups is 1. The zero-order chi connectivity index (χ0) is 11.7. The van der Waals surface area contributed by atoms with Crippen molar-refractivity contribution in [2.24, 2.45) is 5.10 Å². The summed E-state index contributed by atoms with van der Waals surface area (Å²) < 4.78 is 0. The first kappa shape index (κ1) is 10.7. The van der Waals surface area contributed by atoms with Crippen LogP contribution in [-0.2, 0) is 4.79 Å². The highest BCUT2D eigenvalue weighted by molar-refractivity contribution is 6.05. The molecule has 4 nitrogen and oxygen atoms in total. The summed E-state index contributed by atoms with van der Waals surface area (Å²) in [5, 5.41) is 13.0. The van der Waals surface area contributed by atoms with Gasteiger partial charge in [0.25, 0.3) is 0 Å². The molecule has 1 aromatic rings. The Bertz CT molecular complexity index is 466. The van der Waals surface area contributed by atoms with E-state index in [1.807, 2.05) is 32.0 Å². The van der Waals surface area contributed by atoms with Crippen LogP contribution >= 0.6 is 0 Å². The topological polar surface area (TPSA) is 61.7 Å². The first-order valence-corrected chi connectivity index (χ1v) is 5.20. The summed E-state index contributed by atoms with van der Waals surface area (Å²) in [6.45, 7) is 4.02. The van der Waals surface area contributed by atoms with Crippen LogP contribution in [0.1, 0.15) is 23.1 Å². The number of hydrogen-bond acceptors (Lipinski definition) is 3. The highest BCUT2D eigenvalue weighted by Crippen LogP contribution is 2.17. The van der Waals surface area contributed by atoms with Gasteiger partial charge in [0.2, 0.25) is 0 Å². The number of carbonyl (C=O) groups is 1. The molecule has 4 heteroatoms. The van der Waals surface area contributed by atoms with Crippen LogP contribution in [0.5, 0.6) is 0 Å². The molecule has 0 fully saturated rings. The van der Waals surface area contributed by atoms with Crippen molar-refractivity contribution >= 4 is 11.7 Å². The van der Waals surface area contributed by atoms with Crippen LogP contribution in [0.15, 0.2) is 23.3 Å². The largest absolute Gasteiger partial charge is 0.480 e. The van der Waals surface area contributed by atoms with Gasteiger partial charge in [0.05, 0.1) is 5.71 Å². The van der Waals surface area contributed by atoms with Gasteiger partial charge in [-0.2, -0.15) is 5.10 Å². The second-order valence-corrected chi connectivity index (χ2v) is 4.10. The van der Waals surface area contributed by atoms with Crippen molar-refractivity contribution in [2.75, 3.05) is 0 Å². The number of nitrogens with one attached hydrogen (secondary N) is 1. The highest BCUT2D eigenvalue weighted by Gasteiger charge is 2.26. The number of nitrogens with zero attached hydrogens (tertiary/aromatic N) is 1. The first-order chi connectivity index (χ1) is 7.58. The molecule has 0 spiro atoms. The van der Waals surface area contributed by atoms with Crippen LogP contribution in [0.2, 0.25) is 0 Å². The fourth-order valence-electron chi connectivity index (χ4n) is 1.80. The molecule has 1 aliphatic rings. The zero-order valence-corrected chi connectivity index (χ0v) is 9.32. The maximum absolute atomic E-state index is 10.8. The number of hydrogen-bond donors (Lipinski definition) is 2. The summed E-state index contributed by atoms with van der Waals surface area (Å²) in [7, 11) is 0. The molecule has 84 valence electrons. The highest BCUT2D eigenvalue weighted by atomic mass is 16.4. The monoisotopic (exact) mass is 218 g/mol. The third kappa shape index (κ3) is 1.91. The van der Waals surface area contributed by atoms with Crippen LogP contribution in [-0.4, -0.2) is 22.8 Å². The average Bonchev–Trinajstić information content (AvgIpc) is 2.70. The lowest BCUT2D eigenvalue weighted by molar-refractivity contribution is -0.139. The van der Waals surface area contributed by atoms with Crippen LogP contribution < -0.4 is 5.43 Å². The summed E-state index contributed by atoms with van der Waals surface area (Å²) in [6.07, 6.45) is 0.444. The van der Waals surface area contributed by atoms with E-state index in [1.54, 1.807) is 0 Å². The predicted molar refractivity (Wildman–Crippen MR) is 61.6 cm³/mol. The molecule has 2 rings (SSSR count). The lowest BCUT2D eigenvalue weighted by atomic mass is 9.98. The summed E-state index contributed by atoms with van der Waals surface area (Å²) in [5.41, 5.74) is 6.78. The second kappa shape index (κ2) is 3.96. The zero-order valence-electron chi connectivity index (χ0n) is 9.32. The van der Waals surface area contributed by atoms with Crippen molar-refractivity contribution in [1.29, 1.82) is 0 Å². The molecule has 0 radical (unpaired) electrons. The lowest BCUT2D eigenvalue weighted by Gasteiger charge is -2.06. The van der Waals surface area contributed by atoms with Gasteiger partial charge in [-0.3, -0.25) is 5.43 Å². The van der Waals surface area contributed by atoms with Crippen LogP contribution in [0, 0.1) is 13.8 Å². The molecule has 2 N–H and O–H groups in total. The number of carboxylic acid groups (broad SMARTS) is 1. The predicted octanol–water partition coefficient (Wildman–Crippen LogP) is 1.45. The van der Waals surface area contributed by atoms with Gasteiger partial charge in [-0.05, 0) is 25.5 Å². The van der Waals surface area contributed by atoms with E-state index in [0.717, 1.165) is 22.4 Å². The molecule has 0 aliphatic carbocycles. The average molecular weight is 218 g/mol. The summed E-state index contributed by atoms with van der Waals surface area (Å²) in [5.74, 6) is -0.857. The molecule has 0 amide bonds. The maximum atomic E-state index is 10.8. The van der Waals surface area contributed by atoms with Crippen molar-refractivity contribution < 1.29 is 9.90 Å². The Morgan fingerprint density at radius 1 is 1.50 bits per heavy atom. The molecule has 1 unspecified atom stereocenters. The first-order valence-electron chi connectivity index (χ1n) is 5.20. The molecule has 0 saturated carbocycles. The lowest BCUT2D eigenvalue weighted by Crippen LogP contribution is -2.29. The van der Waals surface area contributed by atoms with E-state index in [0.29, 0.717) is 6.42 Å². The number of rotatable bonds is 2. The van der Waals surface area contributed by atoms with Gasteiger partial charge in [-0.15, -0.1) is 0 Å². The van der Waals surface area contributed by atoms with Gasteiger partial charge in [0.15, 0.2) is 0 Å². The quantitative estimate of drug-likeness (QED) is 0.789. The molecule has 16 heavy (non-hydrogen) atoms. The van der Waals surface area contributed by atoms with Crippen LogP contribution in [0.25, 0.3) is 0 Å². The number of carboxylic acids is 1. The third-order valence-electron chi connectivity index (χ3n) is 2.75. The SMILES string of the molecule is Cc1ccc(C)c(C2=NNC(C(=O)O)C2)c1. The number of benzene rings is 1. The minimum atomic E-state index is -0.857. The van der Waals surface area contributed by atoms with Crippen molar-refractivity contribution in [1.82, 2.24) is 5.43 Å². The molecule has 1 aromatic carbocycles. The molecular weight excluding hydrogens is 204 g/mol. The molecule has 1 heterocycles. The second-order valence-electron chi connectivity index (χ2n) is 4.10. The van der Waals surface area contributed by atoms with Crippen molar-refractivity contribution in [3.8, 4) is 0 Å². The van der Waals surface area contributed by atoms with Gasteiger partial charge in [0, 0.05) is 12.0 Å². The molecule has 1 atom stereocenters. The number of aryl methyl sites for hydroxylation is 2. The Morgan fingerprint density at radius 2 is 2.25 bits per heavy atom. The minimum absolute atomic E-state index is 0.444. The van der Waals surface area contributed by atoms with Gasteiger partial charge in [-0.1, -0.05) is 17.7 Å². The van der Waals surface area contributed by atoms with E-state index in [2.05, 4.69) is 10.5 Å². The Kier molecular flexibility index (Phi) is 2.64. The fraction of sp³-hybridized carbons (Fsp3) is 0.333. The Morgan fingerprint density at radius 3 is 2.88 bits per heavy atom. The standard InChI is InChI=1S/C12H14N2O2/c1-7-3-4-8(2)9(5-7)10-6-11(12(15)16)14-13-10/h3-5,11,14H,6H2,1-2H3,(H,15,16). The molecule has 0 aromatic heterocycles. The van der Waals surface area contributed by atoms with E-state index in [-0.39, 0.29) is 0 Å². The molecule has 1 aliphatic heterocycles. The molecule has 0 saturated heterocycles. The van der Waals surface area contributed by atoms with E-state index >= 15 is 0 Å². The smallest absolute Gasteiger partial charge is 0.328 e. The van der Waals surface area contributed by atoms with E-state index < -0.39 is 12.0 Å². The van der Waals surface area contributed by atoms with E-state index in [4.69, 9.17) is 5.11 Å². The normalized spacial score (nSPS) is 19.1. The summed E-state index contributed by atoms with van der Waals surface area (Å²) in [4.78, 5) is 10.8. The van der Waals surface area contributed by atoms with Crippen LogP contribution in [0.4, 0.5) is 0 Å². The fourth-order valence-corrected chi connectivity index (χ4v) is 1.80. The van der Waals surface area contributed by atoms with Gasteiger partial charge in [0.1, 0.15) is 6.04 Å². The van der Waals surface area contributed by atoms with Crippen molar-refractivity contribution in [2.45, 2.75) is 26.3 Å². The Hall–Kier alpha value is -1.84. The third-order valence-corrected chi connectivity index (χ3v) is 2.75. The molecule has 0 bridgehead atoms. The summed E-state index contributed by atoms with van der Waals surface area (Å²) >= 11 is 0. The Balaban J connectivity index is 2.27. The molecular formula is C12H14N2O2. The van der Waals surface area contributed by atoms with Crippen molar-refractivity contribution in [3.05, 3.63) is 34.9 Å². The van der Waals surface area contributed by atoms with Crippen LogP contribution in [0.3, 0.4) is 0 Å². The summed E-state index contributed by atoms with van der Waals surface area (Å²) in [6, 6.07) is 5.52. The van der Waals surface area contributed by atoms with Gasteiger partial charge in [-0.25, -0.2) is 4.79 Å². The van der Waals surface area contributed by atoms with E-state index in [9.17, 15) is 4.79 Å². The van der Waals surface area contributed by atoms with E-state index in [1.165, 1.54) is 0 Å². The Labute approximate surface area is 94.0 Å². The van der Waals surface area contributed by atoms with Gasteiger partial charge >= 0.3 is 5.97 Å². The number of aliphatic carboxylic acids is 1. The maximum Gasteiger partial charge on any atom is 0.328 e. The van der Waals surface area contributed by atoms with Gasteiger partial charge < -0.3 is 5.11 Å². The van der Waals surface area contributed by atoms with Crippen molar-refractivity contribution in [3.63, 3.8) is 0 Å².